The smallest absolute Gasteiger partial charge is 0.550 e. The van der Waals surface area contributed by atoms with Gasteiger partial charge in [-0.15, -0.1) is 0 Å². The predicted molar refractivity (Wildman–Crippen MR) is 134 cm³/mol. The van der Waals surface area contributed by atoms with Crippen molar-refractivity contribution in [3.63, 3.8) is 0 Å². The topological polar surface area (TPSA) is 109 Å². The van der Waals surface area contributed by atoms with Crippen LogP contribution in [0.4, 0.5) is 8.78 Å². The number of aryl methyl sites for hydroxylation is 1. The normalized spacial score (nSPS) is 14.6. The van der Waals surface area contributed by atoms with Crippen molar-refractivity contribution in [2.45, 2.75) is 84.0 Å². The van der Waals surface area contributed by atoms with Crippen molar-refractivity contribution in [1.29, 1.82) is 0 Å². The van der Waals surface area contributed by atoms with Gasteiger partial charge in [0.2, 0.25) is 5.76 Å². The monoisotopic (exact) mass is 570 g/mol. The van der Waals surface area contributed by atoms with E-state index in [1.807, 2.05) is 13.0 Å². The van der Waals surface area contributed by atoms with Gasteiger partial charge in [0.05, 0.1) is 0 Å². The molecule has 204 valence electrons. The van der Waals surface area contributed by atoms with Gasteiger partial charge < -0.3 is 18.9 Å². The van der Waals surface area contributed by atoms with E-state index in [4.69, 9.17) is 20.6 Å². The number of benzene rings is 1. The third-order valence-electron chi connectivity index (χ3n) is 6.88. The Kier molecular flexibility index (Phi) is 9.85. The number of ketones is 1. The Hall–Kier alpha value is -2.07. The summed E-state index contributed by atoms with van der Waals surface area (Å²) >= 11 is 6.30. The number of aromatic nitrogens is 2. The fourth-order valence-corrected chi connectivity index (χ4v) is 4.73. The summed E-state index contributed by atoms with van der Waals surface area (Å²) in [5.74, 6) is -5.42. The van der Waals surface area contributed by atoms with Crippen molar-refractivity contribution in [3.8, 4) is 11.4 Å². The van der Waals surface area contributed by atoms with E-state index < -0.39 is 29.0 Å². The zero-order chi connectivity index (χ0) is 27.8. The molecule has 0 unspecified atom stereocenters. The van der Waals surface area contributed by atoms with Crippen LogP contribution in [0.15, 0.2) is 33.3 Å². The van der Waals surface area contributed by atoms with Gasteiger partial charge >= 0.3 is 35.5 Å². The first kappa shape index (κ1) is 31.5. The second-order valence-electron chi connectivity index (χ2n) is 11.1. The maximum atomic E-state index is 14.9. The fraction of sp³-hybridized carbons (Fsp3) is 0.500. The van der Waals surface area contributed by atoms with Crippen molar-refractivity contribution in [1.82, 2.24) is 10.3 Å². The number of carboxylic acids is 1. The van der Waals surface area contributed by atoms with Crippen LogP contribution in [0.1, 0.15) is 92.9 Å². The Bertz CT molecular complexity index is 1340. The van der Waals surface area contributed by atoms with Crippen LogP contribution in [0.25, 0.3) is 11.4 Å². The third-order valence-corrected chi connectivity index (χ3v) is 7.24. The molecule has 2 heterocycles. The van der Waals surface area contributed by atoms with Gasteiger partial charge in [-0.1, -0.05) is 54.8 Å². The average molecular weight is 571 g/mol. The quantitative estimate of drug-likeness (QED) is 0.326. The molecule has 11 heteroatoms. The zero-order valence-corrected chi connectivity index (χ0v) is 25.5. The van der Waals surface area contributed by atoms with E-state index in [0.717, 1.165) is 18.4 Å². The molecule has 4 rings (SSSR count). The first-order valence-corrected chi connectivity index (χ1v) is 13.0. The number of halogens is 3. The summed E-state index contributed by atoms with van der Waals surface area (Å²) in [6.07, 6.45) is 1.53. The second-order valence-corrected chi connectivity index (χ2v) is 11.5. The first-order chi connectivity index (χ1) is 17.8. The maximum Gasteiger partial charge on any atom is 1.00 e. The molecule has 0 saturated heterocycles. The summed E-state index contributed by atoms with van der Waals surface area (Å²) in [6, 6.07) is 6.61. The molecule has 7 nitrogen and oxygen atoms in total. The number of carbonyl (C=O) groups is 2. The summed E-state index contributed by atoms with van der Waals surface area (Å²) < 4.78 is 40.4. The molecule has 0 aliphatic heterocycles. The average Bonchev–Trinajstić information content (AvgIpc) is 3.35. The van der Waals surface area contributed by atoms with Gasteiger partial charge in [0.15, 0.2) is 0 Å². The third kappa shape index (κ3) is 7.17. The van der Waals surface area contributed by atoms with E-state index in [1.54, 1.807) is 12.1 Å². The van der Waals surface area contributed by atoms with Crippen LogP contribution < -0.4 is 34.7 Å². The molecule has 0 spiro atoms. The Morgan fingerprint density at radius 3 is 2.44 bits per heavy atom. The van der Waals surface area contributed by atoms with Crippen molar-refractivity contribution in [3.05, 3.63) is 57.5 Å². The summed E-state index contributed by atoms with van der Waals surface area (Å²) in [4.78, 5) is 24.3. The van der Waals surface area contributed by atoms with Crippen LogP contribution in [-0.4, -0.2) is 22.1 Å². The molecular weight excluding hydrogens is 541 g/mol. The maximum absolute atomic E-state index is 14.9. The molecule has 0 radical (unpaired) electrons. The van der Waals surface area contributed by atoms with Crippen LogP contribution in [0.2, 0.25) is 5.02 Å². The predicted octanol–water partition coefficient (Wildman–Crippen LogP) is 3.13. The molecule has 3 aromatic rings. The fourth-order valence-electron chi connectivity index (χ4n) is 4.43. The SMILES string of the molecule is Cc1ccc(CC(=O)C[C@H](CCC(=O)[O-])c2onc(-c3cc(C(F)(F)C(C)(C)C)on3)c2C2CC2)c(Cl)c1.[Na+]. The van der Waals surface area contributed by atoms with E-state index in [0.29, 0.717) is 21.9 Å². The largest absolute Gasteiger partial charge is 1.00 e. The summed E-state index contributed by atoms with van der Waals surface area (Å²) in [7, 11) is 0. The Morgan fingerprint density at radius 2 is 1.85 bits per heavy atom. The number of rotatable bonds is 11. The van der Waals surface area contributed by atoms with Gasteiger partial charge in [-0.2, -0.15) is 8.78 Å². The summed E-state index contributed by atoms with van der Waals surface area (Å²) in [6.45, 7) is 6.11. The number of Topliss-reactive ketones (excluding diaryl/α,β-unsaturated/α-hetero) is 1. The molecule has 1 atom stereocenters. The number of carboxylic acid groups (broad SMARTS) is 1. The number of hydrogen-bond donors (Lipinski definition) is 0. The molecule has 0 N–H and O–H groups in total. The van der Waals surface area contributed by atoms with Crippen LogP contribution in [0, 0.1) is 12.3 Å². The van der Waals surface area contributed by atoms with Gasteiger partial charge in [0.25, 0.3) is 0 Å². The Labute approximate surface area is 252 Å². The second kappa shape index (κ2) is 12.2. The minimum Gasteiger partial charge on any atom is -0.550 e. The minimum absolute atomic E-state index is 0. The Morgan fingerprint density at radius 1 is 1.15 bits per heavy atom. The molecule has 1 fully saturated rings. The number of hydrogen-bond acceptors (Lipinski definition) is 7. The van der Waals surface area contributed by atoms with Crippen LogP contribution in [-0.2, 0) is 21.9 Å². The molecule has 2 aromatic heterocycles. The van der Waals surface area contributed by atoms with Crippen molar-refractivity contribution < 1.29 is 62.1 Å². The number of carbonyl (C=O) groups excluding carboxylic acids is 2. The van der Waals surface area contributed by atoms with E-state index in [1.165, 1.54) is 26.8 Å². The van der Waals surface area contributed by atoms with Crippen molar-refractivity contribution in [2.75, 3.05) is 0 Å². The molecule has 1 aromatic carbocycles. The molecule has 0 amide bonds. The standard InChI is InChI=1S/C28H31ClF2N2O5.Na/c1-15-5-6-17(20(29)11-15)12-19(34)13-18(9-10-23(35)36)26-24(16-7-8-16)25(33-38-26)21-14-22(37-32-21)28(30,31)27(2,3)4;/h5-6,11,14,16,18H,7-10,12-13H2,1-4H3,(H,35,36);/q;+1/p-1/t18-;/m0./s1. The zero-order valence-electron chi connectivity index (χ0n) is 22.8. The molecule has 1 aliphatic carbocycles. The first-order valence-electron chi connectivity index (χ1n) is 12.6. The van der Waals surface area contributed by atoms with Gasteiger partial charge in [0.1, 0.15) is 22.9 Å². The Balaban J connectivity index is 0.00000420. The van der Waals surface area contributed by atoms with E-state index in [2.05, 4.69) is 10.3 Å². The van der Waals surface area contributed by atoms with E-state index >= 15 is 0 Å². The van der Waals surface area contributed by atoms with E-state index in [9.17, 15) is 23.5 Å². The summed E-state index contributed by atoms with van der Waals surface area (Å²) in [5, 5.41) is 19.7. The van der Waals surface area contributed by atoms with Crippen molar-refractivity contribution >= 4 is 23.4 Å². The number of nitrogens with zero attached hydrogens (tertiary/aromatic N) is 2. The van der Waals surface area contributed by atoms with E-state index in [-0.39, 0.29) is 78.3 Å². The molecule has 39 heavy (non-hydrogen) atoms. The van der Waals surface area contributed by atoms with Crippen LogP contribution >= 0.6 is 11.6 Å². The van der Waals surface area contributed by atoms with Gasteiger partial charge in [-0.25, -0.2) is 0 Å². The van der Waals surface area contributed by atoms with Crippen LogP contribution in [0.3, 0.4) is 0 Å². The molecule has 1 saturated carbocycles. The molecular formula is C28H30ClF2N2NaO5. The van der Waals surface area contributed by atoms with Gasteiger partial charge in [-0.05, 0) is 55.7 Å². The summed E-state index contributed by atoms with van der Waals surface area (Å²) in [5.41, 5.74) is 1.30. The molecule has 0 bridgehead atoms. The van der Waals surface area contributed by atoms with Gasteiger partial charge in [0, 0.05) is 46.8 Å². The minimum atomic E-state index is -3.27. The molecule has 1 aliphatic rings. The van der Waals surface area contributed by atoms with Crippen LogP contribution in [0.5, 0.6) is 0 Å². The number of aliphatic carboxylic acids is 1. The van der Waals surface area contributed by atoms with Crippen molar-refractivity contribution in [2.24, 2.45) is 5.41 Å². The number of alkyl halides is 2. The van der Waals surface area contributed by atoms with Gasteiger partial charge in [-0.3, -0.25) is 4.79 Å².